The van der Waals surface area contributed by atoms with Crippen LogP contribution in [-0.4, -0.2) is 34.3 Å². The fourth-order valence-electron chi connectivity index (χ4n) is 3.30. The largest absolute Gasteiger partial charge is 0.325 e. The Hall–Kier alpha value is -3.66. The normalized spacial score (nSPS) is 19.4. The van der Waals surface area contributed by atoms with Crippen LogP contribution in [-0.2, 0) is 16.0 Å². The van der Waals surface area contributed by atoms with Crippen molar-refractivity contribution in [2.45, 2.75) is 38.3 Å². The first kappa shape index (κ1) is 20.1. The summed E-state index contributed by atoms with van der Waals surface area (Å²) >= 11 is 0. The van der Waals surface area contributed by atoms with E-state index in [9.17, 15) is 14.4 Å². The van der Waals surface area contributed by atoms with Gasteiger partial charge >= 0.3 is 6.03 Å². The van der Waals surface area contributed by atoms with Crippen LogP contribution >= 0.6 is 0 Å². The maximum Gasteiger partial charge on any atom is 0.325 e. The van der Waals surface area contributed by atoms with Crippen LogP contribution in [0.5, 0.6) is 0 Å². The number of imide groups is 1. The maximum atomic E-state index is 13.0. The molecule has 0 spiro atoms. The van der Waals surface area contributed by atoms with Gasteiger partial charge in [-0.1, -0.05) is 36.4 Å². The molecule has 0 aliphatic carbocycles. The third-order valence-corrected chi connectivity index (χ3v) is 5.07. The molecular weight excluding hydrogens is 368 g/mol. The van der Waals surface area contributed by atoms with Gasteiger partial charge in [0.25, 0.3) is 5.91 Å². The SMILES string of the molecule is C[C@@H](C(=O)Nc1cccc(C#N)c1)N1C(=O)N[C@](C)(CCc2ccccc2)C1=O. The summed E-state index contributed by atoms with van der Waals surface area (Å²) in [6, 6.07) is 16.6. The molecule has 2 atom stereocenters. The zero-order chi connectivity index (χ0) is 21.0. The Morgan fingerprint density at radius 1 is 1.21 bits per heavy atom. The number of rotatable bonds is 6. The summed E-state index contributed by atoms with van der Waals surface area (Å²) in [4.78, 5) is 39.0. The van der Waals surface area contributed by atoms with E-state index in [2.05, 4.69) is 10.6 Å². The number of nitriles is 1. The van der Waals surface area contributed by atoms with Crippen LogP contribution in [0, 0.1) is 11.3 Å². The molecule has 3 rings (SSSR count). The molecule has 7 heteroatoms. The number of carbonyl (C=O) groups is 3. The molecular formula is C22H22N4O3. The highest BCUT2D eigenvalue weighted by atomic mass is 16.2. The second-order valence-electron chi connectivity index (χ2n) is 7.28. The van der Waals surface area contributed by atoms with E-state index in [0.29, 0.717) is 24.1 Å². The van der Waals surface area contributed by atoms with Gasteiger partial charge < -0.3 is 10.6 Å². The molecule has 4 amide bonds. The number of hydrogen-bond acceptors (Lipinski definition) is 4. The van der Waals surface area contributed by atoms with Crippen molar-refractivity contribution >= 4 is 23.5 Å². The maximum absolute atomic E-state index is 13.0. The molecule has 0 aromatic heterocycles. The summed E-state index contributed by atoms with van der Waals surface area (Å²) in [5, 5.41) is 14.4. The molecule has 7 nitrogen and oxygen atoms in total. The fourth-order valence-corrected chi connectivity index (χ4v) is 3.30. The summed E-state index contributed by atoms with van der Waals surface area (Å²) in [5.41, 5.74) is 0.832. The van der Waals surface area contributed by atoms with E-state index in [0.717, 1.165) is 10.5 Å². The van der Waals surface area contributed by atoms with Crippen molar-refractivity contribution in [2.24, 2.45) is 0 Å². The number of benzene rings is 2. The molecule has 1 fully saturated rings. The van der Waals surface area contributed by atoms with E-state index in [-0.39, 0.29) is 0 Å². The predicted octanol–water partition coefficient (Wildman–Crippen LogP) is 2.83. The van der Waals surface area contributed by atoms with Gasteiger partial charge in [0.05, 0.1) is 11.6 Å². The zero-order valence-corrected chi connectivity index (χ0v) is 16.3. The molecule has 1 heterocycles. The molecule has 2 N–H and O–H groups in total. The molecule has 1 aliphatic heterocycles. The summed E-state index contributed by atoms with van der Waals surface area (Å²) < 4.78 is 0. The Morgan fingerprint density at radius 2 is 1.93 bits per heavy atom. The van der Waals surface area contributed by atoms with E-state index in [1.54, 1.807) is 25.1 Å². The molecule has 2 aromatic carbocycles. The third kappa shape index (κ3) is 4.27. The molecule has 0 saturated carbocycles. The van der Waals surface area contributed by atoms with Gasteiger partial charge in [0.1, 0.15) is 11.6 Å². The van der Waals surface area contributed by atoms with Crippen molar-refractivity contribution in [1.29, 1.82) is 5.26 Å². The quantitative estimate of drug-likeness (QED) is 0.741. The van der Waals surface area contributed by atoms with Crippen LogP contribution in [0.2, 0.25) is 0 Å². The standard InChI is InChI=1S/C22H22N4O3/c1-15(19(27)24-18-10-6-9-17(13-18)14-23)26-20(28)22(2,25-21(26)29)12-11-16-7-4-3-5-8-16/h3-10,13,15H,11-12H2,1-2H3,(H,24,27)(H,25,29)/t15-,22+/m0/s1. The number of nitrogens with zero attached hydrogens (tertiary/aromatic N) is 2. The first-order chi connectivity index (χ1) is 13.8. The van der Waals surface area contributed by atoms with Gasteiger partial charge in [-0.25, -0.2) is 9.69 Å². The minimum absolute atomic E-state index is 0.402. The topological polar surface area (TPSA) is 102 Å². The summed E-state index contributed by atoms with van der Waals surface area (Å²) in [6.07, 6.45) is 1.05. The smallest absolute Gasteiger partial charge is 0.324 e. The molecule has 148 valence electrons. The molecule has 2 aromatic rings. The van der Waals surface area contributed by atoms with Gasteiger partial charge in [0, 0.05) is 5.69 Å². The number of urea groups is 1. The molecule has 29 heavy (non-hydrogen) atoms. The van der Waals surface area contributed by atoms with Crippen LogP contribution in [0.1, 0.15) is 31.4 Å². The van der Waals surface area contributed by atoms with Crippen LogP contribution in [0.25, 0.3) is 0 Å². The first-order valence-corrected chi connectivity index (χ1v) is 9.35. The van der Waals surface area contributed by atoms with E-state index >= 15 is 0 Å². The van der Waals surface area contributed by atoms with Crippen molar-refractivity contribution in [1.82, 2.24) is 10.2 Å². The lowest BCUT2D eigenvalue weighted by molar-refractivity contribution is -0.136. The lowest BCUT2D eigenvalue weighted by atomic mass is 9.93. The number of amides is 4. The second-order valence-corrected chi connectivity index (χ2v) is 7.28. The Labute approximate surface area is 169 Å². The highest BCUT2D eigenvalue weighted by molar-refractivity contribution is 6.11. The van der Waals surface area contributed by atoms with Gasteiger partial charge in [-0.2, -0.15) is 5.26 Å². The highest BCUT2D eigenvalue weighted by Crippen LogP contribution is 2.25. The van der Waals surface area contributed by atoms with Gasteiger partial charge in [0.2, 0.25) is 5.91 Å². The van der Waals surface area contributed by atoms with E-state index < -0.39 is 29.4 Å². The van der Waals surface area contributed by atoms with Crippen molar-refractivity contribution in [3.8, 4) is 6.07 Å². The molecule has 0 bridgehead atoms. The van der Waals surface area contributed by atoms with Gasteiger partial charge in [-0.05, 0) is 50.5 Å². The Balaban J connectivity index is 1.69. The monoisotopic (exact) mass is 390 g/mol. The van der Waals surface area contributed by atoms with Crippen LogP contribution in [0.4, 0.5) is 10.5 Å². The fraction of sp³-hybridized carbons (Fsp3) is 0.273. The Bertz CT molecular complexity index is 983. The van der Waals surface area contributed by atoms with Crippen molar-refractivity contribution in [3.05, 3.63) is 65.7 Å². The summed E-state index contributed by atoms with van der Waals surface area (Å²) in [6.45, 7) is 3.18. The molecule has 1 saturated heterocycles. The van der Waals surface area contributed by atoms with Gasteiger partial charge in [-0.3, -0.25) is 9.59 Å². The average Bonchev–Trinajstić information content (AvgIpc) is 2.95. The second kappa shape index (κ2) is 8.15. The van der Waals surface area contributed by atoms with Crippen LogP contribution in [0.3, 0.4) is 0 Å². The number of anilines is 1. The predicted molar refractivity (Wildman–Crippen MR) is 108 cm³/mol. The minimum atomic E-state index is -1.07. The van der Waals surface area contributed by atoms with E-state index in [1.165, 1.54) is 13.0 Å². The lowest BCUT2D eigenvalue weighted by Crippen LogP contribution is -2.48. The minimum Gasteiger partial charge on any atom is -0.324 e. The summed E-state index contributed by atoms with van der Waals surface area (Å²) in [5.74, 6) is -0.928. The van der Waals surface area contributed by atoms with Gasteiger partial charge in [0.15, 0.2) is 0 Å². The van der Waals surface area contributed by atoms with Crippen LogP contribution in [0.15, 0.2) is 54.6 Å². The Kier molecular flexibility index (Phi) is 5.64. The van der Waals surface area contributed by atoms with E-state index in [4.69, 9.17) is 5.26 Å². The van der Waals surface area contributed by atoms with Crippen LogP contribution < -0.4 is 10.6 Å². The van der Waals surface area contributed by atoms with E-state index in [1.807, 2.05) is 36.4 Å². The Morgan fingerprint density at radius 3 is 2.62 bits per heavy atom. The van der Waals surface area contributed by atoms with Crippen molar-refractivity contribution in [2.75, 3.05) is 5.32 Å². The average molecular weight is 390 g/mol. The zero-order valence-electron chi connectivity index (χ0n) is 16.3. The van der Waals surface area contributed by atoms with Gasteiger partial charge in [-0.15, -0.1) is 0 Å². The molecule has 0 radical (unpaired) electrons. The highest BCUT2D eigenvalue weighted by Gasteiger charge is 2.50. The molecule has 1 aliphatic rings. The number of carbonyl (C=O) groups excluding carboxylic acids is 3. The first-order valence-electron chi connectivity index (χ1n) is 9.35. The number of aryl methyl sites for hydroxylation is 1. The summed E-state index contributed by atoms with van der Waals surface area (Å²) in [7, 11) is 0. The number of nitrogens with one attached hydrogen (secondary N) is 2. The molecule has 0 unspecified atom stereocenters. The lowest BCUT2D eigenvalue weighted by Gasteiger charge is -2.24. The third-order valence-electron chi connectivity index (χ3n) is 5.07. The van der Waals surface area contributed by atoms with Crippen molar-refractivity contribution in [3.63, 3.8) is 0 Å². The number of hydrogen-bond donors (Lipinski definition) is 2. The van der Waals surface area contributed by atoms with Crippen molar-refractivity contribution < 1.29 is 14.4 Å².